The van der Waals surface area contributed by atoms with Gasteiger partial charge in [-0.05, 0) is 48.0 Å². The summed E-state index contributed by atoms with van der Waals surface area (Å²) in [7, 11) is 1.73. The molecule has 0 radical (unpaired) electrons. The third-order valence-corrected chi connectivity index (χ3v) is 2.12. The first-order valence-corrected chi connectivity index (χ1v) is 7.37. The monoisotopic (exact) mass is 315 g/mol. The highest BCUT2D eigenvalue weighted by atomic mass is 16.6. The summed E-state index contributed by atoms with van der Waals surface area (Å²) in [6, 6.07) is 0. The summed E-state index contributed by atoms with van der Waals surface area (Å²) < 4.78 is 10.3. The van der Waals surface area contributed by atoms with Crippen molar-refractivity contribution in [3.05, 3.63) is 0 Å². The first-order valence-electron chi connectivity index (χ1n) is 7.37. The van der Waals surface area contributed by atoms with Gasteiger partial charge in [0.25, 0.3) is 0 Å². The highest BCUT2D eigenvalue weighted by Gasteiger charge is 2.21. The van der Waals surface area contributed by atoms with Gasteiger partial charge in [-0.1, -0.05) is 6.92 Å². The van der Waals surface area contributed by atoms with Crippen molar-refractivity contribution in [1.82, 2.24) is 10.2 Å². The molecule has 7 nitrogen and oxygen atoms in total. The van der Waals surface area contributed by atoms with Crippen LogP contribution in [-0.2, 0) is 9.47 Å². The van der Waals surface area contributed by atoms with Crippen LogP contribution in [0.2, 0.25) is 0 Å². The Morgan fingerprint density at radius 1 is 1.05 bits per heavy atom. The first kappa shape index (κ1) is 20.2. The number of carbonyl (C=O) groups is 2. The van der Waals surface area contributed by atoms with Crippen molar-refractivity contribution < 1.29 is 19.1 Å². The van der Waals surface area contributed by atoms with Gasteiger partial charge >= 0.3 is 12.2 Å². The number of amides is 2. The Morgan fingerprint density at radius 3 is 1.95 bits per heavy atom. The minimum absolute atomic E-state index is 0.102. The van der Waals surface area contributed by atoms with Crippen LogP contribution in [0, 0.1) is 0 Å². The van der Waals surface area contributed by atoms with Gasteiger partial charge in [0.05, 0.1) is 0 Å². The van der Waals surface area contributed by atoms with Gasteiger partial charge in [-0.25, -0.2) is 9.59 Å². The molecule has 0 aromatic rings. The number of hydrogen-bond donors (Lipinski definition) is 1. The van der Waals surface area contributed by atoms with Crippen molar-refractivity contribution in [3.63, 3.8) is 0 Å². The van der Waals surface area contributed by atoms with Gasteiger partial charge in [-0.3, -0.25) is 5.32 Å². The lowest BCUT2D eigenvalue weighted by Crippen LogP contribution is -2.45. The van der Waals surface area contributed by atoms with E-state index in [1.54, 1.807) is 53.5 Å². The summed E-state index contributed by atoms with van der Waals surface area (Å²) in [6.07, 6.45) is -0.598. The van der Waals surface area contributed by atoms with E-state index in [1.165, 1.54) is 0 Å². The zero-order valence-corrected chi connectivity index (χ0v) is 14.9. The molecule has 0 fully saturated rings. The topological polar surface area (TPSA) is 80.2 Å². The number of hydrogen-bond acceptors (Lipinski definition) is 4. The average Bonchev–Trinajstić information content (AvgIpc) is 2.22. The van der Waals surface area contributed by atoms with E-state index in [0.29, 0.717) is 6.54 Å². The van der Waals surface area contributed by atoms with Gasteiger partial charge in [0.1, 0.15) is 11.2 Å². The fourth-order valence-corrected chi connectivity index (χ4v) is 1.42. The van der Waals surface area contributed by atoms with Crippen molar-refractivity contribution in [1.29, 1.82) is 0 Å². The minimum Gasteiger partial charge on any atom is -0.444 e. The van der Waals surface area contributed by atoms with Crippen LogP contribution in [0.3, 0.4) is 0 Å². The van der Waals surface area contributed by atoms with Crippen LogP contribution in [0.1, 0.15) is 54.9 Å². The number of nitrogens with one attached hydrogen (secondary N) is 1. The summed E-state index contributed by atoms with van der Waals surface area (Å²) >= 11 is 0. The normalized spacial score (nSPS) is 12.6. The lowest BCUT2D eigenvalue weighted by atomic mass is 10.2. The average molecular weight is 315 g/mol. The fourth-order valence-electron chi connectivity index (χ4n) is 1.42. The van der Waals surface area contributed by atoms with Crippen molar-refractivity contribution in [2.24, 2.45) is 4.99 Å². The Labute approximate surface area is 133 Å². The van der Waals surface area contributed by atoms with E-state index in [-0.39, 0.29) is 5.96 Å². The van der Waals surface area contributed by atoms with E-state index >= 15 is 0 Å². The predicted molar refractivity (Wildman–Crippen MR) is 86.0 cm³/mol. The molecular weight excluding hydrogens is 286 g/mol. The molecular formula is C15H29N3O4. The number of guanidine groups is 1. The molecule has 0 saturated carbocycles. The second-order valence-corrected chi connectivity index (χ2v) is 6.96. The lowest BCUT2D eigenvalue weighted by molar-refractivity contribution is 0.0555. The zero-order chi connectivity index (χ0) is 17.6. The van der Waals surface area contributed by atoms with Crippen LogP contribution >= 0.6 is 0 Å². The molecule has 22 heavy (non-hydrogen) atoms. The van der Waals surface area contributed by atoms with Gasteiger partial charge < -0.3 is 14.4 Å². The van der Waals surface area contributed by atoms with Crippen LogP contribution in [0.25, 0.3) is 0 Å². The molecule has 0 aliphatic heterocycles. The minimum atomic E-state index is -0.762. The van der Waals surface area contributed by atoms with E-state index in [9.17, 15) is 9.59 Å². The first-order chi connectivity index (χ1) is 9.84. The molecule has 1 N–H and O–H groups in total. The second-order valence-electron chi connectivity index (χ2n) is 6.96. The summed E-state index contributed by atoms with van der Waals surface area (Å²) in [6.45, 7) is 13.1. The van der Waals surface area contributed by atoms with Crippen molar-refractivity contribution >= 4 is 18.1 Å². The number of rotatable bonds is 2. The van der Waals surface area contributed by atoms with Crippen LogP contribution in [-0.4, -0.2) is 47.8 Å². The van der Waals surface area contributed by atoms with Crippen LogP contribution in [0.4, 0.5) is 9.59 Å². The maximum Gasteiger partial charge on any atom is 0.437 e. The Hall–Kier alpha value is -1.79. The quantitative estimate of drug-likeness (QED) is 0.625. The van der Waals surface area contributed by atoms with E-state index in [4.69, 9.17) is 9.47 Å². The lowest BCUT2D eigenvalue weighted by Gasteiger charge is -2.24. The molecule has 2 amide bonds. The van der Waals surface area contributed by atoms with Gasteiger partial charge in [0.15, 0.2) is 0 Å². The van der Waals surface area contributed by atoms with E-state index < -0.39 is 23.4 Å². The van der Waals surface area contributed by atoms with Gasteiger partial charge in [-0.2, -0.15) is 0 Å². The Bertz CT molecular complexity index is 419. The van der Waals surface area contributed by atoms with Crippen molar-refractivity contribution in [2.45, 2.75) is 66.1 Å². The zero-order valence-electron chi connectivity index (χ0n) is 14.9. The van der Waals surface area contributed by atoms with Crippen molar-refractivity contribution in [2.75, 3.05) is 13.6 Å². The van der Waals surface area contributed by atoms with Gasteiger partial charge in [-0.15, -0.1) is 4.99 Å². The molecule has 0 spiro atoms. The van der Waals surface area contributed by atoms with E-state index in [1.807, 2.05) is 6.92 Å². The molecule has 0 aliphatic rings. The highest BCUT2D eigenvalue weighted by molar-refractivity contribution is 5.98. The van der Waals surface area contributed by atoms with E-state index in [0.717, 1.165) is 6.42 Å². The molecule has 0 aliphatic carbocycles. The second kappa shape index (κ2) is 8.00. The molecule has 0 aromatic carbocycles. The number of carbonyl (C=O) groups excluding carboxylic acids is 2. The van der Waals surface area contributed by atoms with Gasteiger partial charge in [0, 0.05) is 13.6 Å². The summed E-state index contributed by atoms with van der Waals surface area (Å²) in [5.41, 5.74) is -1.29. The molecule has 0 bridgehead atoms. The van der Waals surface area contributed by atoms with Crippen LogP contribution in [0.15, 0.2) is 4.99 Å². The number of alkyl carbamates (subject to hydrolysis) is 1. The Morgan fingerprint density at radius 2 is 1.55 bits per heavy atom. The molecule has 0 saturated heterocycles. The van der Waals surface area contributed by atoms with Crippen LogP contribution < -0.4 is 5.32 Å². The van der Waals surface area contributed by atoms with Gasteiger partial charge in [0.2, 0.25) is 5.96 Å². The number of aliphatic imine (C=N–C) groups is 1. The number of ether oxygens (including phenoxy) is 2. The largest absolute Gasteiger partial charge is 0.444 e. The standard InChI is InChI=1S/C15H29N3O4/c1-9-10-18(8)11(16-12(19)21-14(2,3)4)17-13(20)22-15(5,6)7/h9-10H2,1-8H3,(H,16,17,19,20). The molecule has 7 heteroatoms. The smallest absolute Gasteiger partial charge is 0.437 e. The summed E-state index contributed by atoms with van der Waals surface area (Å²) in [4.78, 5) is 29.1. The molecule has 0 aromatic heterocycles. The fraction of sp³-hybridized carbons (Fsp3) is 0.800. The maximum absolute atomic E-state index is 11.9. The van der Waals surface area contributed by atoms with Crippen LogP contribution in [0.5, 0.6) is 0 Å². The molecule has 0 atom stereocenters. The third-order valence-electron chi connectivity index (χ3n) is 2.12. The number of nitrogens with zero attached hydrogens (tertiary/aromatic N) is 2. The summed E-state index contributed by atoms with van der Waals surface area (Å²) in [5.74, 6) is 0.102. The maximum atomic E-state index is 11.9. The molecule has 128 valence electrons. The highest BCUT2D eigenvalue weighted by Crippen LogP contribution is 2.09. The third kappa shape index (κ3) is 10.0. The summed E-state index contributed by atoms with van der Waals surface area (Å²) in [5, 5.41) is 2.49. The SMILES string of the molecule is CCCN(C)C(=NC(=O)OC(C)(C)C)NC(=O)OC(C)(C)C. The molecule has 0 heterocycles. The Kier molecular flexibility index (Phi) is 7.35. The predicted octanol–water partition coefficient (Wildman–Crippen LogP) is 3.14. The Balaban J connectivity index is 5.05. The molecule has 0 unspecified atom stereocenters. The van der Waals surface area contributed by atoms with Crippen molar-refractivity contribution in [3.8, 4) is 0 Å². The van der Waals surface area contributed by atoms with E-state index in [2.05, 4.69) is 10.3 Å². The molecule has 0 rings (SSSR count).